The van der Waals surface area contributed by atoms with E-state index in [0.29, 0.717) is 0 Å². The number of hydrogen-bond donors (Lipinski definition) is 0. The lowest BCUT2D eigenvalue weighted by atomic mass is 10.2. The van der Waals surface area contributed by atoms with Crippen LogP contribution in [-0.2, 0) is 6.18 Å². The number of alkyl halides is 3. The van der Waals surface area contributed by atoms with Gasteiger partial charge < -0.3 is 4.42 Å². The fourth-order valence-electron chi connectivity index (χ4n) is 1.15. The molecule has 1 aromatic heterocycles. The molecule has 74 valence electrons. The third kappa shape index (κ3) is 1.43. The topological polar surface area (TPSA) is 26.0 Å². The van der Waals surface area contributed by atoms with E-state index in [-0.39, 0.29) is 16.1 Å². The second-order valence-corrected chi connectivity index (χ2v) is 3.09. The molecule has 0 N–H and O–H groups in total. The highest BCUT2D eigenvalue weighted by Crippen LogP contribution is 2.36. The van der Waals surface area contributed by atoms with Gasteiger partial charge in [0.05, 0.1) is 0 Å². The summed E-state index contributed by atoms with van der Waals surface area (Å²) in [6, 6.07) is 2.13. The first kappa shape index (κ1) is 9.33. The third-order valence-electron chi connectivity index (χ3n) is 1.70. The zero-order valence-electron chi connectivity index (χ0n) is 6.60. The summed E-state index contributed by atoms with van der Waals surface area (Å²) in [6.45, 7) is 0. The van der Waals surface area contributed by atoms with Crippen LogP contribution in [0.2, 0.25) is 5.02 Å². The second-order valence-electron chi connectivity index (χ2n) is 2.65. The first-order valence-corrected chi connectivity index (χ1v) is 3.96. The number of aromatic nitrogens is 1. The highest BCUT2D eigenvalue weighted by molar-refractivity contribution is 6.31. The van der Waals surface area contributed by atoms with Crippen molar-refractivity contribution in [2.24, 2.45) is 0 Å². The van der Waals surface area contributed by atoms with Gasteiger partial charge in [0.2, 0.25) is 0 Å². The summed E-state index contributed by atoms with van der Waals surface area (Å²) >= 11 is 5.51. The largest absolute Gasteiger partial charge is 0.443 e. The molecule has 6 heteroatoms. The molecule has 0 bridgehead atoms. The van der Waals surface area contributed by atoms with Gasteiger partial charge in [0, 0.05) is 5.02 Å². The summed E-state index contributed by atoms with van der Waals surface area (Å²) in [5.74, 6) is 0. The molecule has 1 aromatic carbocycles. The van der Waals surface area contributed by atoms with E-state index in [9.17, 15) is 13.2 Å². The molecule has 1 heterocycles. The lowest BCUT2D eigenvalue weighted by Crippen LogP contribution is -2.05. The van der Waals surface area contributed by atoms with Gasteiger partial charge in [0.1, 0.15) is 11.1 Å². The minimum atomic E-state index is -4.48. The molecule has 0 saturated carbocycles. The van der Waals surface area contributed by atoms with E-state index in [4.69, 9.17) is 11.6 Å². The number of nitrogens with zero attached hydrogens (tertiary/aromatic N) is 1. The smallest absolute Gasteiger partial charge is 0.420 e. The molecular weight excluding hydrogens is 219 g/mol. The normalized spacial score (nSPS) is 12.3. The molecule has 0 saturated heterocycles. The third-order valence-corrected chi connectivity index (χ3v) is 1.92. The fourth-order valence-corrected chi connectivity index (χ4v) is 1.36. The number of benzene rings is 1. The molecule has 0 fully saturated rings. The average Bonchev–Trinajstić information content (AvgIpc) is 2.47. The van der Waals surface area contributed by atoms with Crippen LogP contribution >= 0.6 is 11.6 Å². The van der Waals surface area contributed by atoms with Crippen LogP contribution in [0.3, 0.4) is 0 Å². The maximum atomic E-state index is 12.4. The van der Waals surface area contributed by atoms with Crippen LogP contribution < -0.4 is 0 Å². The average molecular weight is 222 g/mol. The Morgan fingerprint density at radius 1 is 1.29 bits per heavy atom. The van der Waals surface area contributed by atoms with Gasteiger partial charge in [-0.05, 0) is 12.1 Å². The van der Waals surface area contributed by atoms with Crippen molar-refractivity contribution in [2.75, 3.05) is 0 Å². The van der Waals surface area contributed by atoms with Gasteiger partial charge in [-0.3, -0.25) is 0 Å². The van der Waals surface area contributed by atoms with E-state index in [2.05, 4.69) is 9.40 Å². The summed E-state index contributed by atoms with van der Waals surface area (Å²) in [7, 11) is 0. The monoisotopic (exact) mass is 221 g/mol. The van der Waals surface area contributed by atoms with Crippen LogP contribution in [0.5, 0.6) is 0 Å². The van der Waals surface area contributed by atoms with E-state index in [1.807, 2.05) is 0 Å². The van der Waals surface area contributed by atoms with Crippen molar-refractivity contribution in [2.45, 2.75) is 6.18 Å². The summed E-state index contributed by atoms with van der Waals surface area (Å²) in [4.78, 5) is 3.60. The van der Waals surface area contributed by atoms with E-state index >= 15 is 0 Å². The molecule has 2 rings (SSSR count). The number of rotatable bonds is 0. The van der Waals surface area contributed by atoms with Crippen LogP contribution in [0.1, 0.15) is 5.56 Å². The van der Waals surface area contributed by atoms with Gasteiger partial charge in [-0.25, -0.2) is 4.98 Å². The van der Waals surface area contributed by atoms with Crippen LogP contribution in [0.4, 0.5) is 13.2 Å². The lowest BCUT2D eigenvalue weighted by Gasteiger charge is -2.06. The quantitative estimate of drug-likeness (QED) is 0.681. The number of fused-ring (bicyclic) bond motifs is 1. The van der Waals surface area contributed by atoms with Gasteiger partial charge in [0.15, 0.2) is 12.0 Å². The number of hydrogen-bond acceptors (Lipinski definition) is 2. The van der Waals surface area contributed by atoms with Crippen molar-refractivity contribution >= 4 is 22.7 Å². The molecule has 14 heavy (non-hydrogen) atoms. The zero-order chi connectivity index (χ0) is 10.3. The van der Waals surface area contributed by atoms with Crippen molar-refractivity contribution in [3.05, 3.63) is 29.1 Å². The molecule has 0 radical (unpaired) electrons. The Morgan fingerprint density at radius 2 is 2.00 bits per heavy atom. The van der Waals surface area contributed by atoms with Crippen LogP contribution in [0.15, 0.2) is 22.9 Å². The molecule has 0 aliphatic rings. The van der Waals surface area contributed by atoms with Crippen molar-refractivity contribution in [3.8, 4) is 0 Å². The highest BCUT2D eigenvalue weighted by Gasteiger charge is 2.34. The molecule has 0 unspecified atom stereocenters. The minimum absolute atomic E-state index is 0.0151. The number of oxazole rings is 1. The minimum Gasteiger partial charge on any atom is -0.443 e. The molecule has 0 atom stereocenters. The van der Waals surface area contributed by atoms with Crippen molar-refractivity contribution in [1.82, 2.24) is 4.98 Å². The Morgan fingerprint density at radius 3 is 2.64 bits per heavy atom. The molecule has 0 aliphatic heterocycles. The number of halogens is 4. The van der Waals surface area contributed by atoms with Crippen LogP contribution in [0.25, 0.3) is 11.1 Å². The predicted molar refractivity (Wildman–Crippen MR) is 44.0 cm³/mol. The standard InChI is InChI=1S/C8H3ClF3NO/c9-4-1-5(8(10,11)12)7-6(2-4)13-3-14-7/h1-3H. The van der Waals surface area contributed by atoms with Gasteiger partial charge in [0.25, 0.3) is 0 Å². The first-order chi connectivity index (χ1) is 6.48. The Bertz CT molecular complexity index is 477. The van der Waals surface area contributed by atoms with E-state index in [1.165, 1.54) is 6.07 Å². The van der Waals surface area contributed by atoms with Crippen molar-refractivity contribution < 1.29 is 17.6 Å². The Balaban J connectivity index is 2.80. The highest BCUT2D eigenvalue weighted by atomic mass is 35.5. The summed E-state index contributed by atoms with van der Waals surface area (Å²) in [5, 5.41) is -0.0151. The summed E-state index contributed by atoms with van der Waals surface area (Å²) in [5.41, 5.74) is -1.09. The molecule has 0 spiro atoms. The molecule has 0 amide bonds. The SMILES string of the molecule is FC(F)(F)c1cc(Cl)cc2ncoc12. The Kier molecular flexibility index (Phi) is 1.92. The van der Waals surface area contributed by atoms with Crippen molar-refractivity contribution in [1.29, 1.82) is 0 Å². The zero-order valence-corrected chi connectivity index (χ0v) is 7.36. The fraction of sp³-hybridized carbons (Fsp3) is 0.125. The molecular formula is C8H3ClF3NO. The second kappa shape index (κ2) is 2.88. The van der Waals surface area contributed by atoms with Gasteiger partial charge in [-0.1, -0.05) is 11.6 Å². The van der Waals surface area contributed by atoms with Gasteiger partial charge in [-0.15, -0.1) is 0 Å². The summed E-state index contributed by atoms with van der Waals surface area (Å²) < 4.78 is 41.9. The van der Waals surface area contributed by atoms with Crippen LogP contribution in [0, 0.1) is 0 Å². The van der Waals surface area contributed by atoms with E-state index < -0.39 is 11.7 Å². The predicted octanol–water partition coefficient (Wildman–Crippen LogP) is 3.50. The van der Waals surface area contributed by atoms with Crippen molar-refractivity contribution in [3.63, 3.8) is 0 Å². The molecule has 0 aliphatic carbocycles. The Hall–Kier alpha value is -1.23. The first-order valence-electron chi connectivity index (χ1n) is 3.58. The maximum absolute atomic E-state index is 12.4. The van der Waals surface area contributed by atoms with E-state index in [1.54, 1.807) is 0 Å². The molecule has 2 nitrogen and oxygen atoms in total. The van der Waals surface area contributed by atoms with Crippen LogP contribution in [-0.4, -0.2) is 4.98 Å². The maximum Gasteiger partial charge on any atom is 0.420 e. The summed E-state index contributed by atoms with van der Waals surface area (Å²) in [6.07, 6.45) is -3.53. The molecule has 2 aromatic rings. The lowest BCUT2D eigenvalue weighted by molar-refractivity contribution is -0.136. The van der Waals surface area contributed by atoms with Gasteiger partial charge >= 0.3 is 6.18 Å². The van der Waals surface area contributed by atoms with Gasteiger partial charge in [-0.2, -0.15) is 13.2 Å². The van der Waals surface area contributed by atoms with E-state index in [0.717, 1.165) is 12.5 Å². The Labute approximate surface area is 81.3 Å².